The van der Waals surface area contributed by atoms with Crippen LogP contribution in [0, 0.1) is 17.8 Å². The number of carbonyl (C=O) groups is 5. The van der Waals surface area contributed by atoms with Gasteiger partial charge in [0.05, 0.1) is 14.2 Å². The number of benzene rings is 1. The van der Waals surface area contributed by atoms with E-state index in [0.717, 1.165) is 5.56 Å². The van der Waals surface area contributed by atoms with Gasteiger partial charge in [0.1, 0.15) is 29.9 Å². The second kappa shape index (κ2) is 18.4. The van der Waals surface area contributed by atoms with E-state index in [1.165, 1.54) is 28.9 Å². The molecule has 0 fully saturated rings. The maximum absolute atomic E-state index is 14.2. The number of carbonyl (C=O) groups excluding carboxylic acids is 5. The van der Waals surface area contributed by atoms with Crippen LogP contribution in [0.2, 0.25) is 0 Å². The third-order valence-corrected chi connectivity index (χ3v) is 8.48. The lowest BCUT2D eigenvalue weighted by Crippen LogP contribution is -2.61. The molecule has 0 aromatic heterocycles. The molecule has 0 bridgehead atoms. The predicted molar refractivity (Wildman–Crippen MR) is 174 cm³/mol. The standard InChI is InChI=1S/C34H56N4O7/c1-13-15-27(39)37(9)29(22(5)6)31(40)35-28(21(3)4)33(42)36(8)26(20-24-16-18-25(44-11)19-17-24)32(41)38(10)30(23(7)14-2)34(43)45-12/h16-19,21-23,26,28-30H,13-15,20H2,1-12H3,(H,35,40). The first-order valence-corrected chi connectivity index (χ1v) is 15.9. The molecule has 0 heterocycles. The molecule has 254 valence electrons. The molecule has 0 saturated heterocycles. The van der Waals surface area contributed by atoms with Gasteiger partial charge < -0.3 is 29.5 Å². The number of hydrogen-bond donors (Lipinski definition) is 1. The second-order valence-electron chi connectivity index (χ2n) is 12.5. The normalized spacial score (nSPS) is 14.5. The fraction of sp³-hybridized carbons (Fsp3) is 0.676. The van der Waals surface area contributed by atoms with E-state index in [4.69, 9.17) is 9.47 Å². The first kappa shape index (κ1) is 39.4. The molecule has 5 atom stereocenters. The van der Waals surface area contributed by atoms with Crippen LogP contribution in [-0.2, 0) is 35.1 Å². The summed E-state index contributed by atoms with van der Waals surface area (Å²) in [7, 11) is 7.54. The molecule has 0 aliphatic rings. The summed E-state index contributed by atoms with van der Waals surface area (Å²) < 4.78 is 10.3. The Kier molecular flexibility index (Phi) is 16.1. The van der Waals surface area contributed by atoms with Crippen LogP contribution in [0.3, 0.4) is 0 Å². The van der Waals surface area contributed by atoms with Crippen molar-refractivity contribution >= 4 is 29.6 Å². The van der Waals surface area contributed by atoms with Crippen LogP contribution >= 0.6 is 0 Å². The summed E-state index contributed by atoms with van der Waals surface area (Å²) in [5.74, 6) is -2.09. The fourth-order valence-corrected chi connectivity index (χ4v) is 5.46. The molecule has 0 saturated carbocycles. The van der Waals surface area contributed by atoms with Gasteiger partial charge in [-0.2, -0.15) is 0 Å². The van der Waals surface area contributed by atoms with Crippen LogP contribution in [0.25, 0.3) is 0 Å². The number of ether oxygens (including phenoxy) is 2. The monoisotopic (exact) mass is 632 g/mol. The Hall–Kier alpha value is -3.63. The highest BCUT2D eigenvalue weighted by Gasteiger charge is 2.40. The van der Waals surface area contributed by atoms with E-state index in [9.17, 15) is 24.0 Å². The third-order valence-electron chi connectivity index (χ3n) is 8.48. The van der Waals surface area contributed by atoms with E-state index in [2.05, 4.69) is 5.32 Å². The molecule has 5 unspecified atom stereocenters. The largest absolute Gasteiger partial charge is 0.497 e. The molecule has 1 N–H and O–H groups in total. The van der Waals surface area contributed by atoms with Gasteiger partial charge in [-0.1, -0.05) is 67.0 Å². The Morgan fingerprint density at radius 3 is 1.80 bits per heavy atom. The van der Waals surface area contributed by atoms with Crippen molar-refractivity contribution in [2.75, 3.05) is 35.4 Å². The highest BCUT2D eigenvalue weighted by atomic mass is 16.5. The number of amides is 4. The zero-order valence-corrected chi connectivity index (χ0v) is 29.4. The smallest absolute Gasteiger partial charge is 0.328 e. The van der Waals surface area contributed by atoms with Crippen LogP contribution < -0.4 is 10.1 Å². The van der Waals surface area contributed by atoms with Gasteiger partial charge in [-0.05, 0) is 41.9 Å². The summed E-state index contributed by atoms with van der Waals surface area (Å²) in [5.41, 5.74) is 0.779. The molecule has 1 aromatic rings. The fourth-order valence-electron chi connectivity index (χ4n) is 5.46. The highest BCUT2D eigenvalue weighted by molar-refractivity contribution is 5.95. The summed E-state index contributed by atoms with van der Waals surface area (Å²) >= 11 is 0. The van der Waals surface area contributed by atoms with Gasteiger partial charge in [-0.25, -0.2) is 4.79 Å². The van der Waals surface area contributed by atoms with Gasteiger partial charge in [-0.3, -0.25) is 19.2 Å². The Morgan fingerprint density at radius 2 is 1.36 bits per heavy atom. The summed E-state index contributed by atoms with van der Waals surface area (Å²) in [6.07, 6.45) is 1.75. The van der Waals surface area contributed by atoms with E-state index in [1.807, 2.05) is 60.6 Å². The SMILES string of the molecule is CCCC(=O)N(C)C(C(=O)NC(C(=O)N(C)C(Cc1ccc(OC)cc1)C(=O)N(C)C(C(=O)OC)C(C)CC)C(C)C)C(C)C. The molecule has 1 aromatic carbocycles. The lowest BCUT2D eigenvalue weighted by molar-refractivity contribution is -0.157. The molecule has 0 radical (unpaired) electrons. The average molecular weight is 633 g/mol. The van der Waals surface area contributed by atoms with Crippen molar-refractivity contribution in [3.05, 3.63) is 29.8 Å². The molecular weight excluding hydrogens is 576 g/mol. The van der Waals surface area contributed by atoms with Gasteiger partial charge in [0.25, 0.3) is 0 Å². The average Bonchev–Trinajstić information content (AvgIpc) is 3.01. The maximum atomic E-state index is 14.2. The van der Waals surface area contributed by atoms with Crippen molar-refractivity contribution in [3.8, 4) is 5.75 Å². The van der Waals surface area contributed by atoms with Crippen molar-refractivity contribution < 1.29 is 33.4 Å². The lowest BCUT2D eigenvalue weighted by atomic mass is 9.95. The van der Waals surface area contributed by atoms with E-state index < -0.39 is 47.9 Å². The second-order valence-corrected chi connectivity index (χ2v) is 12.5. The molecule has 1 rings (SSSR count). The zero-order chi connectivity index (χ0) is 34.6. The minimum absolute atomic E-state index is 0.148. The van der Waals surface area contributed by atoms with E-state index in [-0.39, 0.29) is 30.1 Å². The van der Waals surface area contributed by atoms with Crippen LogP contribution in [-0.4, -0.2) is 104 Å². The third kappa shape index (κ3) is 10.5. The Morgan fingerprint density at radius 1 is 0.778 bits per heavy atom. The molecule has 11 heteroatoms. The number of nitrogens with zero attached hydrogens (tertiary/aromatic N) is 3. The number of hydrogen-bond acceptors (Lipinski definition) is 7. The molecule has 11 nitrogen and oxygen atoms in total. The van der Waals surface area contributed by atoms with E-state index in [0.29, 0.717) is 25.0 Å². The van der Waals surface area contributed by atoms with Crippen molar-refractivity contribution in [3.63, 3.8) is 0 Å². The van der Waals surface area contributed by atoms with E-state index >= 15 is 0 Å². The first-order valence-electron chi connectivity index (χ1n) is 15.9. The van der Waals surface area contributed by atoms with Crippen LogP contribution in [0.4, 0.5) is 0 Å². The minimum atomic E-state index is -1.00. The minimum Gasteiger partial charge on any atom is -0.497 e. The zero-order valence-electron chi connectivity index (χ0n) is 29.4. The van der Waals surface area contributed by atoms with Crippen molar-refractivity contribution in [2.24, 2.45) is 17.8 Å². The summed E-state index contributed by atoms with van der Waals surface area (Å²) in [6, 6.07) is 3.60. The topological polar surface area (TPSA) is 126 Å². The van der Waals surface area contributed by atoms with Gasteiger partial charge in [-0.15, -0.1) is 0 Å². The lowest BCUT2D eigenvalue weighted by Gasteiger charge is -2.38. The Balaban J connectivity index is 3.52. The van der Waals surface area contributed by atoms with Crippen molar-refractivity contribution in [1.82, 2.24) is 20.0 Å². The quantitative estimate of drug-likeness (QED) is 0.261. The number of likely N-dealkylation sites (N-methyl/N-ethyl adjacent to an activating group) is 3. The van der Waals surface area contributed by atoms with Gasteiger partial charge in [0.2, 0.25) is 23.6 Å². The summed E-state index contributed by atoms with van der Waals surface area (Å²) in [5, 5.41) is 2.90. The molecule has 0 aliphatic carbocycles. The molecule has 45 heavy (non-hydrogen) atoms. The predicted octanol–water partition coefficient (Wildman–Crippen LogP) is 3.53. The molecule has 0 aliphatic heterocycles. The first-order chi connectivity index (χ1) is 21.1. The summed E-state index contributed by atoms with van der Waals surface area (Å²) in [6.45, 7) is 13.0. The number of rotatable bonds is 17. The number of esters is 1. The van der Waals surface area contributed by atoms with Crippen LogP contribution in [0.1, 0.15) is 73.3 Å². The highest BCUT2D eigenvalue weighted by Crippen LogP contribution is 2.22. The van der Waals surface area contributed by atoms with Crippen LogP contribution in [0.15, 0.2) is 24.3 Å². The van der Waals surface area contributed by atoms with E-state index in [1.54, 1.807) is 33.3 Å². The summed E-state index contributed by atoms with van der Waals surface area (Å²) in [4.78, 5) is 71.7. The molecule has 4 amide bonds. The van der Waals surface area contributed by atoms with Crippen molar-refractivity contribution in [1.29, 1.82) is 0 Å². The Labute approximate surface area is 270 Å². The van der Waals surface area contributed by atoms with Crippen LogP contribution in [0.5, 0.6) is 5.75 Å². The number of methoxy groups -OCH3 is 2. The molecular formula is C34H56N4O7. The molecule has 0 spiro atoms. The number of nitrogens with one attached hydrogen (secondary N) is 1. The van der Waals surface area contributed by atoms with Gasteiger partial charge in [0, 0.05) is 34.0 Å². The van der Waals surface area contributed by atoms with Gasteiger partial charge in [0.15, 0.2) is 0 Å². The van der Waals surface area contributed by atoms with Gasteiger partial charge >= 0.3 is 5.97 Å². The van der Waals surface area contributed by atoms with Crippen molar-refractivity contribution in [2.45, 2.75) is 98.3 Å². The Bertz CT molecular complexity index is 1140. The maximum Gasteiger partial charge on any atom is 0.328 e.